The summed E-state index contributed by atoms with van der Waals surface area (Å²) in [6, 6.07) is 7.75. The number of aromatic amines is 1. The zero-order valence-corrected chi connectivity index (χ0v) is 14.3. The number of halogens is 1. The van der Waals surface area contributed by atoms with E-state index in [1.807, 2.05) is 0 Å². The van der Waals surface area contributed by atoms with Crippen molar-refractivity contribution in [1.82, 2.24) is 14.8 Å². The van der Waals surface area contributed by atoms with E-state index in [1.165, 1.54) is 46.0 Å². The van der Waals surface area contributed by atoms with Gasteiger partial charge in [0, 0.05) is 33.7 Å². The van der Waals surface area contributed by atoms with Gasteiger partial charge in [0.1, 0.15) is 0 Å². The normalized spacial score (nSPS) is 27.4. The van der Waals surface area contributed by atoms with Gasteiger partial charge in [0.2, 0.25) is 0 Å². The minimum atomic E-state index is 0.507. The number of hydrogen-bond acceptors (Lipinski definition) is 2. The van der Waals surface area contributed by atoms with Gasteiger partial charge in [-0.2, -0.15) is 0 Å². The Bertz CT molecular complexity index is 678. The summed E-state index contributed by atoms with van der Waals surface area (Å²) in [5.41, 5.74) is 4.27. The van der Waals surface area contributed by atoms with Crippen LogP contribution in [-0.2, 0) is 6.42 Å². The van der Waals surface area contributed by atoms with Crippen molar-refractivity contribution in [3.63, 3.8) is 0 Å². The molecule has 0 unspecified atom stereocenters. The van der Waals surface area contributed by atoms with Crippen molar-refractivity contribution in [2.75, 3.05) is 27.2 Å². The van der Waals surface area contributed by atoms with E-state index in [-0.39, 0.29) is 0 Å². The molecule has 3 heterocycles. The first kappa shape index (κ1) is 13.8. The number of aromatic nitrogens is 1. The lowest BCUT2D eigenvalue weighted by atomic mass is 9.92. The molecule has 112 valence electrons. The van der Waals surface area contributed by atoms with Gasteiger partial charge in [0.25, 0.3) is 0 Å². The molecule has 1 aromatic carbocycles. The maximum absolute atomic E-state index is 3.73. The SMILES string of the molecule is CN1CCc2c([nH]c3ccc(Br)cc23)[C@@H]1[C@@H]1CCCN1C. The van der Waals surface area contributed by atoms with E-state index in [0.717, 1.165) is 13.0 Å². The van der Waals surface area contributed by atoms with Gasteiger partial charge in [0.15, 0.2) is 0 Å². The van der Waals surface area contributed by atoms with Gasteiger partial charge in [-0.3, -0.25) is 4.90 Å². The predicted molar refractivity (Wildman–Crippen MR) is 90.7 cm³/mol. The molecule has 0 radical (unpaired) electrons. The first-order chi connectivity index (χ1) is 10.1. The van der Waals surface area contributed by atoms with Crippen LogP contribution in [0.25, 0.3) is 10.9 Å². The third kappa shape index (κ3) is 2.16. The van der Waals surface area contributed by atoms with Gasteiger partial charge in [-0.25, -0.2) is 0 Å². The lowest BCUT2D eigenvalue weighted by Crippen LogP contribution is -2.43. The number of hydrogen-bond donors (Lipinski definition) is 1. The topological polar surface area (TPSA) is 22.3 Å². The van der Waals surface area contributed by atoms with Crippen LogP contribution in [0.1, 0.15) is 30.1 Å². The summed E-state index contributed by atoms with van der Waals surface area (Å²) in [4.78, 5) is 8.81. The molecule has 1 saturated heterocycles. The van der Waals surface area contributed by atoms with Gasteiger partial charge < -0.3 is 9.88 Å². The lowest BCUT2D eigenvalue weighted by molar-refractivity contribution is 0.129. The van der Waals surface area contributed by atoms with Gasteiger partial charge in [-0.05, 0) is 63.7 Å². The number of likely N-dealkylation sites (tertiary alicyclic amines) is 1. The summed E-state index contributed by atoms with van der Waals surface area (Å²) in [6.07, 6.45) is 3.78. The number of likely N-dealkylation sites (N-methyl/N-ethyl adjacent to an activating group) is 2. The average molecular weight is 348 g/mol. The molecule has 1 fully saturated rings. The third-order valence-electron chi connectivity index (χ3n) is 5.33. The molecule has 4 heteroatoms. The highest BCUT2D eigenvalue weighted by Crippen LogP contribution is 2.40. The maximum Gasteiger partial charge on any atom is 0.0656 e. The van der Waals surface area contributed by atoms with Gasteiger partial charge in [-0.15, -0.1) is 0 Å². The molecule has 3 nitrogen and oxygen atoms in total. The maximum atomic E-state index is 3.73. The Hall–Kier alpha value is -0.840. The standard InChI is InChI=1S/C17H22BrN3/c1-20-8-3-4-15(20)17-16-12(7-9-21(17)2)13-10-11(18)5-6-14(13)19-16/h5-6,10,15,17,19H,3-4,7-9H2,1-2H3/t15-,17-/m0/s1. The summed E-state index contributed by atoms with van der Waals surface area (Å²) in [6.45, 7) is 2.39. The Labute approximate surface area is 134 Å². The first-order valence-corrected chi connectivity index (χ1v) is 8.65. The minimum absolute atomic E-state index is 0.507. The Morgan fingerprint density at radius 3 is 2.81 bits per heavy atom. The van der Waals surface area contributed by atoms with E-state index in [1.54, 1.807) is 0 Å². The smallest absolute Gasteiger partial charge is 0.0656 e. The second kappa shape index (κ2) is 5.11. The number of benzene rings is 1. The van der Waals surface area contributed by atoms with E-state index < -0.39 is 0 Å². The molecular formula is C17H22BrN3. The second-order valence-corrected chi connectivity index (χ2v) is 7.49. The van der Waals surface area contributed by atoms with Crippen LogP contribution in [0.2, 0.25) is 0 Å². The molecule has 1 N–H and O–H groups in total. The molecule has 0 bridgehead atoms. The number of fused-ring (bicyclic) bond motifs is 3. The molecule has 1 aromatic heterocycles. The van der Waals surface area contributed by atoms with Crippen molar-refractivity contribution in [2.45, 2.75) is 31.3 Å². The fourth-order valence-electron chi connectivity index (χ4n) is 4.23. The summed E-state index contributed by atoms with van der Waals surface area (Å²) >= 11 is 3.62. The molecule has 0 spiro atoms. The minimum Gasteiger partial charge on any atom is -0.357 e. The van der Waals surface area contributed by atoms with Crippen LogP contribution < -0.4 is 0 Å². The molecule has 4 rings (SSSR count). The Morgan fingerprint density at radius 1 is 1.19 bits per heavy atom. The highest BCUT2D eigenvalue weighted by atomic mass is 79.9. The second-order valence-electron chi connectivity index (χ2n) is 6.57. The number of nitrogens with zero attached hydrogens (tertiary/aromatic N) is 2. The van der Waals surface area contributed by atoms with Crippen molar-refractivity contribution < 1.29 is 0 Å². The number of rotatable bonds is 1. The molecule has 2 aliphatic rings. The lowest BCUT2D eigenvalue weighted by Gasteiger charge is -2.39. The van der Waals surface area contributed by atoms with Crippen LogP contribution in [0, 0.1) is 0 Å². The fourth-order valence-corrected chi connectivity index (χ4v) is 4.59. The van der Waals surface area contributed by atoms with Crippen molar-refractivity contribution in [3.8, 4) is 0 Å². The largest absolute Gasteiger partial charge is 0.357 e. The summed E-state index contributed by atoms with van der Waals surface area (Å²) in [5, 5.41) is 1.40. The Morgan fingerprint density at radius 2 is 2.05 bits per heavy atom. The van der Waals surface area contributed by atoms with E-state index in [0.29, 0.717) is 12.1 Å². The molecule has 2 atom stereocenters. The van der Waals surface area contributed by atoms with Gasteiger partial charge in [0.05, 0.1) is 6.04 Å². The van der Waals surface area contributed by atoms with Crippen molar-refractivity contribution in [2.24, 2.45) is 0 Å². The van der Waals surface area contributed by atoms with Crippen molar-refractivity contribution in [1.29, 1.82) is 0 Å². The molecular weight excluding hydrogens is 326 g/mol. The molecule has 0 aliphatic carbocycles. The van der Waals surface area contributed by atoms with Crippen LogP contribution in [0.3, 0.4) is 0 Å². The summed E-state index contributed by atoms with van der Waals surface area (Å²) < 4.78 is 1.17. The number of nitrogens with one attached hydrogen (secondary N) is 1. The van der Waals surface area contributed by atoms with Crippen LogP contribution in [0.5, 0.6) is 0 Å². The van der Waals surface area contributed by atoms with E-state index in [2.05, 4.69) is 63.0 Å². The van der Waals surface area contributed by atoms with Crippen molar-refractivity contribution in [3.05, 3.63) is 33.9 Å². The third-order valence-corrected chi connectivity index (χ3v) is 5.82. The van der Waals surface area contributed by atoms with Gasteiger partial charge in [-0.1, -0.05) is 15.9 Å². The quantitative estimate of drug-likeness (QED) is 0.851. The Balaban J connectivity index is 1.85. The van der Waals surface area contributed by atoms with Crippen LogP contribution in [-0.4, -0.2) is 48.0 Å². The highest BCUT2D eigenvalue weighted by Gasteiger charge is 2.37. The average Bonchev–Trinajstić information content (AvgIpc) is 3.02. The molecule has 2 aliphatic heterocycles. The van der Waals surface area contributed by atoms with E-state index in [4.69, 9.17) is 0 Å². The zero-order chi connectivity index (χ0) is 14.6. The summed E-state index contributed by atoms with van der Waals surface area (Å²) in [5.74, 6) is 0. The monoisotopic (exact) mass is 347 g/mol. The molecule has 0 saturated carbocycles. The van der Waals surface area contributed by atoms with Crippen LogP contribution >= 0.6 is 15.9 Å². The number of H-pyrrole nitrogens is 1. The first-order valence-electron chi connectivity index (χ1n) is 7.85. The predicted octanol–water partition coefficient (Wildman–Crippen LogP) is 3.55. The van der Waals surface area contributed by atoms with Crippen LogP contribution in [0.15, 0.2) is 22.7 Å². The van der Waals surface area contributed by atoms with Gasteiger partial charge >= 0.3 is 0 Å². The Kier molecular flexibility index (Phi) is 3.36. The van der Waals surface area contributed by atoms with E-state index in [9.17, 15) is 0 Å². The molecule has 21 heavy (non-hydrogen) atoms. The van der Waals surface area contributed by atoms with E-state index >= 15 is 0 Å². The van der Waals surface area contributed by atoms with Crippen molar-refractivity contribution >= 4 is 26.8 Å². The molecule has 0 amide bonds. The molecule has 2 aromatic rings. The highest BCUT2D eigenvalue weighted by molar-refractivity contribution is 9.10. The summed E-state index contributed by atoms with van der Waals surface area (Å²) in [7, 11) is 4.56. The fraction of sp³-hybridized carbons (Fsp3) is 0.529. The van der Waals surface area contributed by atoms with Crippen LogP contribution in [0.4, 0.5) is 0 Å². The zero-order valence-electron chi connectivity index (χ0n) is 12.7.